The molecule has 0 spiro atoms. The molecular weight excluding hydrogens is 190 g/mol. The maximum atomic E-state index is 11.0. The maximum absolute atomic E-state index is 11.0. The smallest absolute Gasteiger partial charge is 0.396 e. The molecule has 1 heterocycles. The Morgan fingerprint density at radius 3 is 2.93 bits per heavy atom. The number of H-pyrrole nitrogens is 1. The van der Waals surface area contributed by atoms with Crippen molar-refractivity contribution < 1.29 is 14.3 Å². The normalized spacial score (nSPS) is 9.50. The Labute approximate surface area is 79.0 Å². The number of ether oxygens (including phenoxy) is 1. The van der Waals surface area contributed by atoms with E-state index in [9.17, 15) is 9.59 Å². The molecule has 2 N–H and O–H groups in total. The van der Waals surface area contributed by atoms with E-state index in [1.807, 2.05) is 0 Å². The monoisotopic (exact) mass is 199 g/mol. The highest BCUT2D eigenvalue weighted by molar-refractivity contribution is 6.32. The van der Waals surface area contributed by atoms with E-state index >= 15 is 0 Å². The molecule has 8 heteroatoms. The zero-order valence-electron chi connectivity index (χ0n) is 7.48. The third-order valence-electron chi connectivity index (χ3n) is 1.26. The second-order valence-corrected chi connectivity index (χ2v) is 2.23. The molecule has 76 valence electrons. The number of aromatic nitrogens is 4. The number of carbonyl (C=O) groups excluding carboxylic acids is 2. The van der Waals surface area contributed by atoms with Crippen LogP contribution in [0.3, 0.4) is 0 Å². The van der Waals surface area contributed by atoms with Gasteiger partial charge in [-0.3, -0.25) is 4.79 Å². The lowest BCUT2D eigenvalue weighted by Crippen LogP contribution is -2.32. The van der Waals surface area contributed by atoms with Crippen LogP contribution in [-0.2, 0) is 20.9 Å². The topological polar surface area (TPSA) is 110 Å². The number of aromatic amines is 1. The highest BCUT2D eigenvalue weighted by Crippen LogP contribution is 1.83. The number of hydrogen-bond donors (Lipinski definition) is 2. The average molecular weight is 199 g/mol. The van der Waals surface area contributed by atoms with Crippen molar-refractivity contribution in [2.75, 3.05) is 6.61 Å². The van der Waals surface area contributed by atoms with Crippen LogP contribution in [0.5, 0.6) is 0 Å². The summed E-state index contributed by atoms with van der Waals surface area (Å²) in [5, 5.41) is 14.9. The van der Waals surface area contributed by atoms with Gasteiger partial charge in [0.25, 0.3) is 0 Å². The Balaban J connectivity index is 2.31. The molecule has 8 nitrogen and oxygen atoms in total. The molecule has 0 radical (unpaired) electrons. The summed E-state index contributed by atoms with van der Waals surface area (Å²) in [6.07, 6.45) is 0. The van der Waals surface area contributed by atoms with Gasteiger partial charge in [0, 0.05) is 0 Å². The second kappa shape index (κ2) is 4.90. The van der Waals surface area contributed by atoms with Crippen molar-refractivity contribution >= 4 is 11.9 Å². The molecule has 0 saturated carbocycles. The van der Waals surface area contributed by atoms with Gasteiger partial charge < -0.3 is 10.1 Å². The summed E-state index contributed by atoms with van der Waals surface area (Å²) in [4.78, 5) is 21.8. The van der Waals surface area contributed by atoms with Crippen LogP contribution in [0.4, 0.5) is 0 Å². The van der Waals surface area contributed by atoms with Crippen LogP contribution in [0.15, 0.2) is 0 Å². The van der Waals surface area contributed by atoms with Crippen molar-refractivity contribution in [3.05, 3.63) is 5.82 Å². The molecule has 0 bridgehead atoms. The van der Waals surface area contributed by atoms with Crippen LogP contribution in [0.25, 0.3) is 0 Å². The quantitative estimate of drug-likeness (QED) is 0.447. The van der Waals surface area contributed by atoms with E-state index in [-0.39, 0.29) is 13.2 Å². The third-order valence-corrected chi connectivity index (χ3v) is 1.26. The van der Waals surface area contributed by atoms with Crippen molar-refractivity contribution in [2.45, 2.75) is 13.5 Å². The number of nitrogens with zero attached hydrogens (tertiary/aromatic N) is 3. The number of hydrogen-bond acceptors (Lipinski definition) is 6. The van der Waals surface area contributed by atoms with Gasteiger partial charge in [0.15, 0.2) is 5.82 Å². The van der Waals surface area contributed by atoms with Crippen molar-refractivity contribution in [1.82, 2.24) is 25.9 Å². The minimum absolute atomic E-state index is 0.0359. The van der Waals surface area contributed by atoms with E-state index in [1.165, 1.54) is 0 Å². The minimum atomic E-state index is -0.920. The summed E-state index contributed by atoms with van der Waals surface area (Å²) in [6, 6.07) is 0. The van der Waals surface area contributed by atoms with Gasteiger partial charge in [0.2, 0.25) is 0 Å². The van der Waals surface area contributed by atoms with Gasteiger partial charge in [0.05, 0.1) is 13.2 Å². The molecule has 0 atom stereocenters. The molecule has 0 unspecified atom stereocenters. The first kappa shape index (κ1) is 10.1. The Kier molecular flexibility index (Phi) is 3.53. The van der Waals surface area contributed by atoms with E-state index in [1.54, 1.807) is 6.92 Å². The van der Waals surface area contributed by atoms with E-state index < -0.39 is 11.9 Å². The fourth-order valence-corrected chi connectivity index (χ4v) is 0.686. The second-order valence-electron chi connectivity index (χ2n) is 2.23. The minimum Gasteiger partial charge on any atom is -0.459 e. The van der Waals surface area contributed by atoms with Gasteiger partial charge in [-0.15, -0.1) is 10.2 Å². The molecule has 0 aromatic carbocycles. The fourth-order valence-electron chi connectivity index (χ4n) is 0.686. The summed E-state index contributed by atoms with van der Waals surface area (Å²) < 4.78 is 4.46. The molecule has 1 aromatic heterocycles. The van der Waals surface area contributed by atoms with Crippen LogP contribution in [0, 0.1) is 0 Å². The Morgan fingerprint density at radius 1 is 1.57 bits per heavy atom. The van der Waals surface area contributed by atoms with Crippen LogP contribution >= 0.6 is 0 Å². The molecular formula is C6H9N5O3. The van der Waals surface area contributed by atoms with Gasteiger partial charge in [-0.05, 0) is 6.92 Å². The largest absolute Gasteiger partial charge is 0.459 e. The zero-order valence-corrected chi connectivity index (χ0v) is 7.48. The van der Waals surface area contributed by atoms with Crippen LogP contribution < -0.4 is 5.32 Å². The fraction of sp³-hybridized carbons (Fsp3) is 0.500. The van der Waals surface area contributed by atoms with Crippen molar-refractivity contribution in [3.63, 3.8) is 0 Å². The van der Waals surface area contributed by atoms with E-state index in [2.05, 4.69) is 30.7 Å². The van der Waals surface area contributed by atoms with Crippen LogP contribution in [0.2, 0.25) is 0 Å². The van der Waals surface area contributed by atoms with Gasteiger partial charge in [-0.1, -0.05) is 5.21 Å². The predicted octanol–water partition coefficient (Wildman–Crippen LogP) is -1.62. The van der Waals surface area contributed by atoms with E-state index in [4.69, 9.17) is 0 Å². The first-order chi connectivity index (χ1) is 6.74. The summed E-state index contributed by atoms with van der Waals surface area (Å²) >= 11 is 0. The van der Waals surface area contributed by atoms with E-state index in [0.29, 0.717) is 5.82 Å². The third kappa shape index (κ3) is 2.81. The van der Waals surface area contributed by atoms with Crippen molar-refractivity contribution in [2.24, 2.45) is 0 Å². The lowest BCUT2D eigenvalue weighted by atomic mass is 10.5. The zero-order chi connectivity index (χ0) is 10.4. The number of rotatable bonds is 3. The molecule has 0 aliphatic carbocycles. The SMILES string of the molecule is CCOC(=O)C(=O)NCc1nn[nH]n1. The highest BCUT2D eigenvalue weighted by Gasteiger charge is 2.14. The molecule has 1 rings (SSSR count). The summed E-state index contributed by atoms with van der Waals surface area (Å²) in [7, 11) is 0. The van der Waals surface area contributed by atoms with Crippen molar-refractivity contribution in [3.8, 4) is 0 Å². The molecule has 0 saturated heterocycles. The predicted molar refractivity (Wildman–Crippen MR) is 42.7 cm³/mol. The van der Waals surface area contributed by atoms with Gasteiger partial charge >= 0.3 is 11.9 Å². The van der Waals surface area contributed by atoms with Crippen LogP contribution in [0.1, 0.15) is 12.7 Å². The lowest BCUT2D eigenvalue weighted by Gasteiger charge is -2.00. The Morgan fingerprint density at radius 2 is 2.36 bits per heavy atom. The molecule has 1 aromatic rings. The first-order valence-corrected chi connectivity index (χ1v) is 3.91. The van der Waals surface area contributed by atoms with Crippen LogP contribution in [-0.4, -0.2) is 39.1 Å². The van der Waals surface area contributed by atoms with E-state index in [0.717, 1.165) is 0 Å². The maximum Gasteiger partial charge on any atom is 0.396 e. The number of nitrogens with one attached hydrogen (secondary N) is 2. The molecule has 0 fully saturated rings. The summed E-state index contributed by atoms with van der Waals surface area (Å²) in [6.45, 7) is 1.81. The summed E-state index contributed by atoms with van der Waals surface area (Å²) in [5.74, 6) is -1.45. The Hall–Kier alpha value is -1.99. The lowest BCUT2D eigenvalue weighted by molar-refractivity contribution is -0.154. The molecule has 0 aliphatic heterocycles. The number of tetrazole rings is 1. The molecule has 1 amide bonds. The first-order valence-electron chi connectivity index (χ1n) is 3.91. The molecule has 0 aliphatic rings. The van der Waals surface area contributed by atoms with Gasteiger partial charge in [0.1, 0.15) is 0 Å². The number of carbonyl (C=O) groups is 2. The highest BCUT2D eigenvalue weighted by atomic mass is 16.5. The molecule has 14 heavy (non-hydrogen) atoms. The number of amides is 1. The van der Waals surface area contributed by atoms with Gasteiger partial charge in [-0.2, -0.15) is 5.21 Å². The standard InChI is InChI=1S/C6H9N5O3/c1-2-14-6(13)5(12)7-3-4-8-10-11-9-4/h2-3H2,1H3,(H,7,12)(H,8,9,10,11). The number of esters is 1. The Bertz CT molecular complexity index is 309. The summed E-state index contributed by atoms with van der Waals surface area (Å²) in [5.41, 5.74) is 0. The van der Waals surface area contributed by atoms with Crippen molar-refractivity contribution in [1.29, 1.82) is 0 Å². The van der Waals surface area contributed by atoms with Gasteiger partial charge in [-0.25, -0.2) is 4.79 Å². The average Bonchev–Trinajstić information content (AvgIpc) is 2.67.